The number of carbonyl (C=O) groups excluding carboxylic acids is 1. The SMILES string of the molecule is CCCC(C)C(=O)N(CCCN)Cc1ccccc1. The molecule has 0 heterocycles. The van der Waals surface area contributed by atoms with E-state index in [4.69, 9.17) is 5.73 Å². The van der Waals surface area contributed by atoms with Gasteiger partial charge in [0, 0.05) is 19.0 Å². The van der Waals surface area contributed by atoms with E-state index in [9.17, 15) is 4.79 Å². The van der Waals surface area contributed by atoms with E-state index in [0.29, 0.717) is 13.1 Å². The second-order valence-corrected chi connectivity index (χ2v) is 5.08. The van der Waals surface area contributed by atoms with E-state index in [1.54, 1.807) is 0 Å². The summed E-state index contributed by atoms with van der Waals surface area (Å²) in [5.74, 6) is 0.352. The first-order valence-electron chi connectivity index (χ1n) is 7.21. The van der Waals surface area contributed by atoms with Crippen molar-refractivity contribution in [3.05, 3.63) is 35.9 Å². The molecule has 19 heavy (non-hydrogen) atoms. The maximum Gasteiger partial charge on any atom is 0.225 e. The Morgan fingerprint density at radius 1 is 1.32 bits per heavy atom. The van der Waals surface area contributed by atoms with Crippen LogP contribution in [-0.4, -0.2) is 23.9 Å². The van der Waals surface area contributed by atoms with Crippen molar-refractivity contribution in [1.29, 1.82) is 0 Å². The standard InChI is InChI=1S/C16H26N2O/c1-3-8-14(2)16(19)18(12-7-11-17)13-15-9-5-4-6-10-15/h4-6,9-10,14H,3,7-8,11-13,17H2,1-2H3. The number of amides is 1. The van der Waals surface area contributed by atoms with Gasteiger partial charge in [0.15, 0.2) is 0 Å². The maximum atomic E-state index is 12.4. The van der Waals surface area contributed by atoms with Crippen LogP contribution in [0.4, 0.5) is 0 Å². The highest BCUT2D eigenvalue weighted by Gasteiger charge is 2.19. The van der Waals surface area contributed by atoms with E-state index in [1.165, 1.54) is 5.56 Å². The smallest absolute Gasteiger partial charge is 0.225 e. The second kappa shape index (κ2) is 8.70. The number of benzene rings is 1. The van der Waals surface area contributed by atoms with Gasteiger partial charge >= 0.3 is 0 Å². The van der Waals surface area contributed by atoms with Gasteiger partial charge in [-0.15, -0.1) is 0 Å². The summed E-state index contributed by atoms with van der Waals surface area (Å²) >= 11 is 0. The molecule has 3 heteroatoms. The largest absolute Gasteiger partial charge is 0.338 e. The van der Waals surface area contributed by atoms with Gasteiger partial charge in [0.25, 0.3) is 0 Å². The summed E-state index contributed by atoms with van der Waals surface area (Å²) in [4.78, 5) is 14.4. The van der Waals surface area contributed by atoms with Crippen LogP contribution in [0.25, 0.3) is 0 Å². The molecule has 0 saturated heterocycles. The molecule has 0 aromatic heterocycles. The van der Waals surface area contributed by atoms with Gasteiger partial charge in [-0.1, -0.05) is 50.6 Å². The molecule has 106 valence electrons. The van der Waals surface area contributed by atoms with E-state index in [1.807, 2.05) is 30.0 Å². The summed E-state index contributed by atoms with van der Waals surface area (Å²) in [6, 6.07) is 10.1. The Kier molecular flexibility index (Phi) is 7.19. The topological polar surface area (TPSA) is 46.3 Å². The minimum absolute atomic E-state index is 0.103. The number of rotatable bonds is 8. The maximum absolute atomic E-state index is 12.4. The minimum atomic E-state index is 0.103. The molecule has 3 nitrogen and oxygen atoms in total. The molecule has 0 fully saturated rings. The van der Waals surface area contributed by atoms with Crippen molar-refractivity contribution in [2.24, 2.45) is 11.7 Å². The lowest BCUT2D eigenvalue weighted by atomic mass is 10.0. The third-order valence-corrected chi connectivity index (χ3v) is 3.30. The monoisotopic (exact) mass is 262 g/mol. The average Bonchev–Trinajstić information content (AvgIpc) is 2.44. The molecule has 0 aliphatic heterocycles. The van der Waals surface area contributed by atoms with Gasteiger partial charge in [0.1, 0.15) is 0 Å². The summed E-state index contributed by atoms with van der Waals surface area (Å²) in [6.45, 7) is 6.20. The lowest BCUT2D eigenvalue weighted by Crippen LogP contribution is -2.36. The van der Waals surface area contributed by atoms with Gasteiger partial charge in [-0.05, 0) is 24.9 Å². The first-order valence-corrected chi connectivity index (χ1v) is 7.21. The van der Waals surface area contributed by atoms with Gasteiger partial charge < -0.3 is 10.6 Å². The number of hydrogen-bond acceptors (Lipinski definition) is 2. The Morgan fingerprint density at radius 2 is 2.00 bits per heavy atom. The number of nitrogens with two attached hydrogens (primary N) is 1. The molecule has 0 radical (unpaired) electrons. The fourth-order valence-electron chi connectivity index (χ4n) is 2.22. The number of nitrogens with zero attached hydrogens (tertiary/aromatic N) is 1. The highest BCUT2D eigenvalue weighted by Crippen LogP contribution is 2.13. The quantitative estimate of drug-likeness (QED) is 0.783. The first kappa shape index (κ1) is 15.7. The molecule has 2 N–H and O–H groups in total. The van der Waals surface area contributed by atoms with Gasteiger partial charge in [0.05, 0.1) is 0 Å². The Labute approximate surface area is 116 Å². The van der Waals surface area contributed by atoms with Crippen molar-refractivity contribution >= 4 is 5.91 Å². The third kappa shape index (κ3) is 5.43. The van der Waals surface area contributed by atoms with Gasteiger partial charge in [-0.25, -0.2) is 0 Å². The third-order valence-electron chi connectivity index (χ3n) is 3.30. The van der Waals surface area contributed by atoms with Crippen LogP contribution in [0.1, 0.15) is 38.7 Å². The normalized spacial score (nSPS) is 12.2. The van der Waals surface area contributed by atoms with Crippen molar-refractivity contribution in [2.75, 3.05) is 13.1 Å². The molecule has 1 rings (SSSR count). The zero-order chi connectivity index (χ0) is 14.1. The van der Waals surface area contributed by atoms with Crippen LogP contribution in [0.15, 0.2) is 30.3 Å². The lowest BCUT2D eigenvalue weighted by Gasteiger charge is -2.26. The Bertz CT molecular complexity index is 364. The summed E-state index contributed by atoms with van der Waals surface area (Å²) in [7, 11) is 0. The lowest BCUT2D eigenvalue weighted by molar-refractivity contribution is -0.135. The van der Waals surface area contributed by atoms with Crippen LogP contribution in [0.3, 0.4) is 0 Å². The first-order chi connectivity index (χ1) is 9.19. The molecule has 0 spiro atoms. The van der Waals surface area contributed by atoms with Gasteiger partial charge in [-0.2, -0.15) is 0 Å². The van der Waals surface area contributed by atoms with E-state index < -0.39 is 0 Å². The highest BCUT2D eigenvalue weighted by atomic mass is 16.2. The number of carbonyl (C=O) groups is 1. The summed E-state index contributed by atoms with van der Waals surface area (Å²) in [5, 5.41) is 0. The fourth-order valence-corrected chi connectivity index (χ4v) is 2.22. The molecule has 0 aliphatic rings. The molecule has 1 unspecified atom stereocenters. The molecule has 1 aromatic carbocycles. The summed E-state index contributed by atoms with van der Waals surface area (Å²) in [6.07, 6.45) is 2.85. The van der Waals surface area contributed by atoms with Crippen molar-refractivity contribution in [3.63, 3.8) is 0 Å². The van der Waals surface area contributed by atoms with E-state index >= 15 is 0 Å². The predicted octanol–water partition coefficient (Wildman–Crippen LogP) is 2.80. The van der Waals surface area contributed by atoms with Crippen LogP contribution in [0, 0.1) is 5.92 Å². The molecule has 1 aromatic rings. The molecule has 0 saturated carbocycles. The molecule has 0 bridgehead atoms. The average molecular weight is 262 g/mol. The molecule has 1 atom stereocenters. The van der Waals surface area contributed by atoms with E-state index in [0.717, 1.165) is 25.8 Å². The Hall–Kier alpha value is -1.35. The van der Waals surface area contributed by atoms with Gasteiger partial charge in [0.2, 0.25) is 5.91 Å². The van der Waals surface area contributed by atoms with E-state index in [2.05, 4.69) is 19.1 Å². The van der Waals surface area contributed by atoms with E-state index in [-0.39, 0.29) is 11.8 Å². The molecular weight excluding hydrogens is 236 g/mol. The predicted molar refractivity (Wildman–Crippen MR) is 79.6 cm³/mol. The number of hydrogen-bond donors (Lipinski definition) is 1. The molecular formula is C16H26N2O. The van der Waals surface area contributed by atoms with Crippen molar-refractivity contribution in [1.82, 2.24) is 4.90 Å². The molecule has 0 aliphatic carbocycles. The van der Waals surface area contributed by atoms with Crippen LogP contribution < -0.4 is 5.73 Å². The molecule has 1 amide bonds. The van der Waals surface area contributed by atoms with Crippen molar-refractivity contribution in [2.45, 2.75) is 39.7 Å². The second-order valence-electron chi connectivity index (χ2n) is 5.08. The zero-order valence-electron chi connectivity index (χ0n) is 12.1. The summed E-state index contributed by atoms with van der Waals surface area (Å²) < 4.78 is 0. The van der Waals surface area contributed by atoms with Gasteiger partial charge in [-0.3, -0.25) is 4.79 Å². The Balaban J connectivity index is 2.68. The van der Waals surface area contributed by atoms with Crippen LogP contribution >= 0.6 is 0 Å². The summed E-state index contributed by atoms with van der Waals surface area (Å²) in [5.41, 5.74) is 6.74. The zero-order valence-corrected chi connectivity index (χ0v) is 12.1. The fraction of sp³-hybridized carbons (Fsp3) is 0.562. The Morgan fingerprint density at radius 3 is 2.58 bits per heavy atom. The minimum Gasteiger partial charge on any atom is -0.338 e. The van der Waals surface area contributed by atoms with Crippen LogP contribution in [0.2, 0.25) is 0 Å². The van der Waals surface area contributed by atoms with Crippen molar-refractivity contribution in [3.8, 4) is 0 Å². The van der Waals surface area contributed by atoms with Crippen LogP contribution in [-0.2, 0) is 11.3 Å². The van der Waals surface area contributed by atoms with Crippen LogP contribution in [0.5, 0.6) is 0 Å². The van der Waals surface area contributed by atoms with Crippen molar-refractivity contribution < 1.29 is 4.79 Å². The highest BCUT2D eigenvalue weighted by molar-refractivity contribution is 5.78.